The van der Waals surface area contributed by atoms with Gasteiger partial charge in [-0.15, -0.1) is 11.8 Å². The van der Waals surface area contributed by atoms with Crippen LogP contribution in [0.3, 0.4) is 0 Å². The van der Waals surface area contributed by atoms with Crippen molar-refractivity contribution in [1.29, 1.82) is 0 Å². The van der Waals surface area contributed by atoms with Crippen LogP contribution in [-0.2, 0) is 4.79 Å². The Hall–Kier alpha value is -2.25. The number of hydrogen-bond acceptors (Lipinski definition) is 6. The Kier molecular flexibility index (Phi) is 5.73. The number of carbonyl (C=O) groups excluding carboxylic acids is 1. The second-order valence-electron chi connectivity index (χ2n) is 6.80. The molecule has 1 saturated heterocycles. The van der Waals surface area contributed by atoms with Crippen molar-refractivity contribution in [3.05, 3.63) is 48.0 Å². The molecule has 28 heavy (non-hydrogen) atoms. The van der Waals surface area contributed by atoms with E-state index >= 15 is 0 Å². The number of methoxy groups -OCH3 is 1. The third-order valence-corrected chi connectivity index (χ3v) is 6.95. The van der Waals surface area contributed by atoms with Crippen molar-refractivity contribution < 1.29 is 9.53 Å². The number of piperazine rings is 1. The predicted octanol–water partition coefficient (Wildman–Crippen LogP) is 4.05. The summed E-state index contributed by atoms with van der Waals surface area (Å²) in [6, 6.07) is 14.3. The zero-order valence-corrected chi connectivity index (χ0v) is 17.7. The van der Waals surface area contributed by atoms with Gasteiger partial charge in [-0.05, 0) is 37.3 Å². The monoisotopic (exact) mass is 413 g/mol. The smallest absolute Gasteiger partial charge is 0.233 e. The molecule has 0 N–H and O–H groups in total. The van der Waals surface area contributed by atoms with E-state index in [1.54, 1.807) is 30.2 Å². The number of anilines is 1. The maximum atomic E-state index is 12.6. The van der Waals surface area contributed by atoms with Gasteiger partial charge in [0.15, 0.2) is 5.13 Å². The summed E-state index contributed by atoms with van der Waals surface area (Å²) in [5.41, 5.74) is 2.23. The van der Waals surface area contributed by atoms with Gasteiger partial charge in [0.25, 0.3) is 0 Å². The van der Waals surface area contributed by atoms with Crippen LogP contribution in [-0.4, -0.2) is 54.8 Å². The molecule has 0 saturated carbocycles. The second kappa shape index (κ2) is 8.41. The average molecular weight is 414 g/mol. The largest absolute Gasteiger partial charge is 0.497 e. The Bertz CT molecular complexity index is 963. The third-order valence-electron chi connectivity index (χ3n) is 4.87. The first kappa shape index (κ1) is 19.1. The van der Waals surface area contributed by atoms with Crippen molar-refractivity contribution in [2.75, 3.05) is 43.9 Å². The van der Waals surface area contributed by atoms with E-state index in [2.05, 4.69) is 36.1 Å². The van der Waals surface area contributed by atoms with Crippen LogP contribution in [0.25, 0.3) is 10.2 Å². The molecular formula is C21H23N3O2S2. The van der Waals surface area contributed by atoms with E-state index in [1.807, 2.05) is 23.1 Å². The van der Waals surface area contributed by atoms with Crippen molar-refractivity contribution in [1.82, 2.24) is 9.88 Å². The SMILES string of the molecule is COc1ccc2nc(N3CCN(C(=O)CSc4ccc(C)cc4)CC3)sc2c1. The molecule has 1 aliphatic rings. The average Bonchev–Trinajstić information content (AvgIpc) is 3.16. The van der Waals surface area contributed by atoms with Crippen molar-refractivity contribution in [2.24, 2.45) is 0 Å². The van der Waals surface area contributed by atoms with Gasteiger partial charge in [-0.25, -0.2) is 4.98 Å². The first-order valence-electron chi connectivity index (χ1n) is 9.29. The van der Waals surface area contributed by atoms with Crippen LogP contribution in [0.1, 0.15) is 5.56 Å². The summed E-state index contributed by atoms with van der Waals surface area (Å²) in [5, 5.41) is 1.02. The highest BCUT2D eigenvalue weighted by Crippen LogP contribution is 2.32. The molecule has 1 aliphatic heterocycles. The lowest BCUT2D eigenvalue weighted by Crippen LogP contribution is -2.49. The molecule has 7 heteroatoms. The summed E-state index contributed by atoms with van der Waals surface area (Å²) in [4.78, 5) is 22.7. The molecule has 146 valence electrons. The Labute approximate surface area is 173 Å². The maximum absolute atomic E-state index is 12.6. The number of benzene rings is 2. The minimum Gasteiger partial charge on any atom is -0.497 e. The molecule has 0 aliphatic carbocycles. The Balaban J connectivity index is 1.32. The number of thioether (sulfide) groups is 1. The van der Waals surface area contributed by atoms with Crippen LogP contribution in [0, 0.1) is 6.92 Å². The van der Waals surface area contributed by atoms with Crippen LogP contribution in [0.5, 0.6) is 5.75 Å². The van der Waals surface area contributed by atoms with Gasteiger partial charge in [0, 0.05) is 31.1 Å². The van der Waals surface area contributed by atoms with Gasteiger partial charge in [-0.1, -0.05) is 29.0 Å². The third kappa shape index (κ3) is 4.25. The van der Waals surface area contributed by atoms with E-state index in [0.29, 0.717) is 5.75 Å². The summed E-state index contributed by atoms with van der Waals surface area (Å²) in [7, 11) is 1.68. The molecule has 1 fully saturated rings. The van der Waals surface area contributed by atoms with Crippen molar-refractivity contribution in [3.63, 3.8) is 0 Å². The quantitative estimate of drug-likeness (QED) is 0.591. The highest BCUT2D eigenvalue weighted by molar-refractivity contribution is 8.00. The maximum Gasteiger partial charge on any atom is 0.233 e. The second-order valence-corrected chi connectivity index (χ2v) is 8.86. The number of thiazole rings is 1. The van der Waals surface area contributed by atoms with Gasteiger partial charge < -0.3 is 14.5 Å². The fraction of sp³-hybridized carbons (Fsp3) is 0.333. The van der Waals surface area contributed by atoms with Crippen molar-refractivity contribution in [3.8, 4) is 5.75 Å². The van der Waals surface area contributed by atoms with E-state index in [9.17, 15) is 4.79 Å². The lowest BCUT2D eigenvalue weighted by molar-refractivity contribution is -0.128. The van der Waals surface area contributed by atoms with Crippen LogP contribution >= 0.6 is 23.1 Å². The zero-order chi connectivity index (χ0) is 19.5. The van der Waals surface area contributed by atoms with Gasteiger partial charge in [0.1, 0.15) is 5.75 Å². The molecule has 0 unspecified atom stereocenters. The fourth-order valence-electron chi connectivity index (χ4n) is 3.17. The van der Waals surface area contributed by atoms with Gasteiger partial charge in [-0.3, -0.25) is 4.79 Å². The molecule has 5 nitrogen and oxygen atoms in total. The molecule has 2 aromatic carbocycles. The number of fused-ring (bicyclic) bond motifs is 1. The summed E-state index contributed by atoms with van der Waals surface area (Å²) in [6.07, 6.45) is 0. The van der Waals surface area contributed by atoms with Crippen LogP contribution < -0.4 is 9.64 Å². The number of ether oxygens (including phenoxy) is 1. The van der Waals surface area contributed by atoms with E-state index in [1.165, 1.54) is 5.56 Å². The molecule has 1 aromatic heterocycles. The summed E-state index contributed by atoms with van der Waals surface area (Å²) >= 11 is 3.29. The number of aryl methyl sites for hydroxylation is 1. The van der Waals surface area contributed by atoms with Gasteiger partial charge >= 0.3 is 0 Å². The lowest BCUT2D eigenvalue weighted by atomic mass is 10.2. The Morgan fingerprint density at radius 1 is 1.14 bits per heavy atom. The number of nitrogens with zero attached hydrogens (tertiary/aromatic N) is 3. The topological polar surface area (TPSA) is 45.7 Å². The van der Waals surface area contributed by atoms with Crippen molar-refractivity contribution in [2.45, 2.75) is 11.8 Å². The molecular weight excluding hydrogens is 390 g/mol. The molecule has 0 radical (unpaired) electrons. The number of hydrogen-bond donors (Lipinski definition) is 0. The summed E-state index contributed by atoms with van der Waals surface area (Å²) in [6.45, 7) is 5.19. The molecule has 2 heterocycles. The highest BCUT2D eigenvalue weighted by Gasteiger charge is 2.23. The molecule has 0 spiro atoms. The van der Waals surface area contributed by atoms with Gasteiger partial charge in [-0.2, -0.15) is 0 Å². The summed E-state index contributed by atoms with van der Waals surface area (Å²) in [5.74, 6) is 1.55. The van der Waals surface area contributed by atoms with E-state index < -0.39 is 0 Å². The van der Waals surface area contributed by atoms with E-state index in [-0.39, 0.29) is 5.91 Å². The first-order valence-corrected chi connectivity index (χ1v) is 11.1. The van der Waals surface area contributed by atoms with E-state index in [0.717, 1.165) is 52.2 Å². The predicted molar refractivity (Wildman–Crippen MR) is 117 cm³/mol. The summed E-state index contributed by atoms with van der Waals surface area (Å²) < 4.78 is 6.42. The lowest BCUT2D eigenvalue weighted by Gasteiger charge is -2.34. The molecule has 0 bridgehead atoms. The molecule has 1 amide bonds. The van der Waals surface area contributed by atoms with Gasteiger partial charge in [0.2, 0.25) is 5.91 Å². The number of rotatable bonds is 5. The molecule has 3 aromatic rings. The molecule has 4 rings (SSSR count). The standard InChI is InChI=1S/C21H23N3O2S2/c1-15-3-6-17(7-4-15)27-14-20(25)23-9-11-24(12-10-23)21-22-18-8-5-16(26-2)13-19(18)28-21/h3-8,13H,9-12,14H2,1-2H3. The normalized spacial score (nSPS) is 14.5. The number of carbonyl (C=O) groups is 1. The van der Waals surface area contributed by atoms with E-state index in [4.69, 9.17) is 9.72 Å². The van der Waals surface area contributed by atoms with Crippen molar-refractivity contribution >= 4 is 44.4 Å². The minimum absolute atomic E-state index is 0.208. The zero-order valence-electron chi connectivity index (χ0n) is 16.1. The number of aromatic nitrogens is 1. The Morgan fingerprint density at radius 3 is 2.61 bits per heavy atom. The molecule has 0 atom stereocenters. The van der Waals surface area contributed by atoms with Gasteiger partial charge in [0.05, 0.1) is 23.1 Å². The highest BCUT2D eigenvalue weighted by atomic mass is 32.2. The minimum atomic E-state index is 0.208. The number of amides is 1. The Morgan fingerprint density at radius 2 is 1.89 bits per heavy atom. The van der Waals surface area contributed by atoms with Crippen LogP contribution in [0.15, 0.2) is 47.4 Å². The first-order chi connectivity index (χ1) is 13.6. The van der Waals surface area contributed by atoms with Crippen LogP contribution in [0.4, 0.5) is 5.13 Å². The fourth-order valence-corrected chi connectivity index (χ4v) is 5.02. The van der Waals surface area contributed by atoms with Crippen LogP contribution in [0.2, 0.25) is 0 Å².